The molecule has 0 amide bonds. The number of hydrogen-bond donors (Lipinski definition) is 1. The fourth-order valence-electron chi connectivity index (χ4n) is 2.82. The molecule has 1 saturated heterocycles. The molecule has 1 heterocycles. The number of piperidine rings is 1. The van der Waals surface area contributed by atoms with Gasteiger partial charge in [0.05, 0.1) is 0 Å². The first kappa shape index (κ1) is 12.2. The van der Waals surface area contributed by atoms with E-state index in [4.69, 9.17) is 5.73 Å². The number of benzene rings is 1. The lowest BCUT2D eigenvalue weighted by molar-refractivity contribution is 0.297. The second-order valence-corrected chi connectivity index (χ2v) is 5.45. The minimum atomic E-state index is -0.252. The van der Waals surface area contributed by atoms with Crippen LogP contribution in [0.4, 0.5) is 15.8 Å². The van der Waals surface area contributed by atoms with E-state index in [1.165, 1.54) is 12.5 Å². The highest BCUT2D eigenvalue weighted by molar-refractivity contribution is 5.57. The largest absolute Gasteiger partial charge is 0.399 e. The molecule has 1 aliphatic rings. The SMILES string of the molecule is CC1CC(C)C(C)N(c2cc(N)cc(F)c2)C1. The summed E-state index contributed by atoms with van der Waals surface area (Å²) >= 11 is 0. The zero-order valence-electron chi connectivity index (χ0n) is 10.8. The molecule has 2 N–H and O–H groups in total. The quantitative estimate of drug-likeness (QED) is 0.758. The minimum Gasteiger partial charge on any atom is -0.399 e. The van der Waals surface area contributed by atoms with Gasteiger partial charge in [0.25, 0.3) is 0 Å². The van der Waals surface area contributed by atoms with Crippen molar-refractivity contribution in [3.8, 4) is 0 Å². The van der Waals surface area contributed by atoms with Crippen molar-refractivity contribution < 1.29 is 4.39 Å². The van der Waals surface area contributed by atoms with Crippen molar-refractivity contribution in [2.75, 3.05) is 17.2 Å². The summed E-state index contributed by atoms with van der Waals surface area (Å²) in [5, 5.41) is 0. The average molecular weight is 236 g/mol. The maximum atomic E-state index is 13.4. The van der Waals surface area contributed by atoms with Crippen molar-refractivity contribution in [3.05, 3.63) is 24.0 Å². The Morgan fingerprint density at radius 2 is 1.94 bits per heavy atom. The van der Waals surface area contributed by atoms with Crippen LogP contribution >= 0.6 is 0 Å². The van der Waals surface area contributed by atoms with Crippen molar-refractivity contribution in [2.45, 2.75) is 33.2 Å². The molecule has 0 spiro atoms. The summed E-state index contributed by atoms with van der Waals surface area (Å²) in [5.74, 6) is 1.02. The van der Waals surface area contributed by atoms with Crippen molar-refractivity contribution in [2.24, 2.45) is 11.8 Å². The summed E-state index contributed by atoms with van der Waals surface area (Å²) in [6.45, 7) is 7.69. The molecule has 3 atom stereocenters. The Hall–Kier alpha value is -1.25. The van der Waals surface area contributed by atoms with E-state index >= 15 is 0 Å². The molecule has 17 heavy (non-hydrogen) atoms. The van der Waals surface area contributed by atoms with Crippen LogP contribution in [0.5, 0.6) is 0 Å². The molecule has 1 aromatic carbocycles. The van der Waals surface area contributed by atoms with Crippen LogP contribution in [0.15, 0.2) is 18.2 Å². The molecule has 1 fully saturated rings. The Bertz CT molecular complexity index is 385. The molecule has 2 rings (SSSR count). The molecule has 0 aliphatic carbocycles. The normalized spacial score (nSPS) is 29.4. The van der Waals surface area contributed by atoms with Gasteiger partial charge >= 0.3 is 0 Å². The zero-order chi connectivity index (χ0) is 12.6. The lowest BCUT2D eigenvalue weighted by Gasteiger charge is -2.42. The van der Waals surface area contributed by atoms with E-state index in [9.17, 15) is 4.39 Å². The van der Waals surface area contributed by atoms with E-state index in [1.54, 1.807) is 6.07 Å². The van der Waals surface area contributed by atoms with E-state index < -0.39 is 0 Å². The first-order chi connectivity index (χ1) is 7.97. The van der Waals surface area contributed by atoms with Gasteiger partial charge < -0.3 is 10.6 Å². The van der Waals surface area contributed by atoms with Crippen LogP contribution in [-0.4, -0.2) is 12.6 Å². The molecule has 0 bridgehead atoms. The lowest BCUT2D eigenvalue weighted by atomic mass is 9.85. The van der Waals surface area contributed by atoms with E-state index in [0.29, 0.717) is 23.6 Å². The van der Waals surface area contributed by atoms with Crippen LogP contribution in [0.3, 0.4) is 0 Å². The zero-order valence-corrected chi connectivity index (χ0v) is 10.8. The standard InChI is InChI=1S/C14H21FN2/c1-9-4-10(2)11(3)17(8-9)14-6-12(15)5-13(16)7-14/h5-7,9-11H,4,8,16H2,1-3H3. The van der Waals surface area contributed by atoms with E-state index in [1.807, 2.05) is 6.07 Å². The van der Waals surface area contributed by atoms with Crippen LogP contribution in [-0.2, 0) is 0 Å². The fourth-order valence-corrected chi connectivity index (χ4v) is 2.82. The van der Waals surface area contributed by atoms with E-state index in [0.717, 1.165) is 12.2 Å². The molecule has 1 aromatic rings. The maximum absolute atomic E-state index is 13.4. The Balaban J connectivity index is 2.30. The molecular formula is C14H21FN2. The maximum Gasteiger partial charge on any atom is 0.127 e. The van der Waals surface area contributed by atoms with Gasteiger partial charge in [-0.05, 0) is 43.4 Å². The molecule has 3 unspecified atom stereocenters. The third-order valence-electron chi connectivity index (χ3n) is 3.83. The highest BCUT2D eigenvalue weighted by Gasteiger charge is 2.29. The second-order valence-electron chi connectivity index (χ2n) is 5.45. The first-order valence-electron chi connectivity index (χ1n) is 6.30. The predicted molar refractivity (Wildman–Crippen MR) is 70.6 cm³/mol. The third-order valence-corrected chi connectivity index (χ3v) is 3.83. The number of nitrogen functional groups attached to an aromatic ring is 1. The topological polar surface area (TPSA) is 29.3 Å². The van der Waals surface area contributed by atoms with Gasteiger partial charge in [-0.1, -0.05) is 13.8 Å². The molecule has 0 saturated carbocycles. The summed E-state index contributed by atoms with van der Waals surface area (Å²) in [5.41, 5.74) is 7.12. The summed E-state index contributed by atoms with van der Waals surface area (Å²) in [4.78, 5) is 2.28. The Morgan fingerprint density at radius 1 is 1.24 bits per heavy atom. The van der Waals surface area contributed by atoms with Crippen molar-refractivity contribution in [1.29, 1.82) is 0 Å². The summed E-state index contributed by atoms with van der Waals surface area (Å²) < 4.78 is 13.4. The number of nitrogens with zero attached hydrogens (tertiary/aromatic N) is 1. The molecule has 94 valence electrons. The van der Waals surface area contributed by atoms with Crippen molar-refractivity contribution in [1.82, 2.24) is 0 Å². The van der Waals surface area contributed by atoms with Crippen molar-refractivity contribution in [3.63, 3.8) is 0 Å². The number of nitrogens with two attached hydrogens (primary N) is 1. The molecule has 1 aliphatic heterocycles. The van der Waals surface area contributed by atoms with Crippen LogP contribution in [0.25, 0.3) is 0 Å². The Kier molecular flexibility index (Phi) is 3.27. The van der Waals surface area contributed by atoms with Gasteiger partial charge in [-0.25, -0.2) is 4.39 Å². The lowest BCUT2D eigenvalue weighted by Crippen LogP contribution is -2.45. The van der Waals surface area contributed by atoms with Crippen LogP contribution in [0.2, 0.25) is 0 Å². The van der Waals surface area contributed by atoms with Crippen LogP contribution in [0.1, 0.15) is 27.2 Å². The summed E-state index contributed by atoms with van der Waals surface area (Å²) in [6.07, 6.45) is 1.24. The van der Waals surface area contributed by atoms with Crippen LogP contribution in [0, 0.1) is 17.7 Å². The Labute approximate surface area is 103 Å². The summed E-state index contributed by atoms with van der Waals surface area (Å²) in [6, 6.07) is 5.25. The predicted octanol–water partition coefficient (Wildman–Crippen LogP) is 3.28. The molecule has 0 aromatic heterocycles. The number of anilines is 2. The van der Waals surface area contributed by atoms with E-state index in [-0.39, 0.29) is 5.82 Å². The third kappa shape index (κ3) is 2.54. The monoisotopic (exact) mass is 236 g/mol. The molecule has 0 radical (unpaired) electrons. The number of halogens is 1. The number of hydrogen-bond acceptors (Lipinski definition) is 2. The van der Waals surface area contributed by atoms with E-state index in [2.05, 4.69) is 25.7 Å². The summed E-state index contributed by atoms with van der Waals surface area (Å²) in [7, 11) is 0. The van der Waals surface area contributed by atoms with Gasteiger partial charge in [-0.3, -0.25) is 0 Å². The van der Waals surface area contributed by atoms with Gasteiger partial charge in [-0.15, -0.1) is 0 Å². The van der Waals surface area contributed by atoms with Gasteiger partial charge in [0, 0.05) is 24.0 Å². The average Bonchev–Trinajstić information content (AvgIpc) is 2.22. The number of rotatable bonds is 1. The molecule has 3 heteroatoms. The highest BCUT2D eigenvalue weighted by atomic mass is 19.1. The van der Waals surface area contributed by atoms with Crippen molar-refractivity contribution >= 4 is 11.4 Å². The van der Waals surface area contributed by atoms with Gasteiger partial charge in [-0.2, -0.15) is 0 Å². The van der Waals surface area contributed by atoms with Crippen LogP contribution < -0.4 is 10.6 Å². The molecule has 2 nitrogen and oxygen atoms in total. The minimum absolute atomic E-state index is 0.252. The first-order valence-corrected chi connectivity index (χ1v) is 6.30. The Morgan fingerprint density at radius 3 is 2.59 bits per heavy atom. The van der Waals surface area contributed by atoms with Gasteiger partial charge in [0.15, 0.2) is 0 Å². The smallest absolute Gasteiger partial charge is 0.127 e. The fraction of sp³-hybridized carbons (Fsp3) is 0.571. The highest BCUT2D eigenvalue weighted by Crippen LogP contribution is 2.32. The van der Waals surface area contributed by atoms with Gasteiger partial charge in [0.1, 0.15) is 5.82 Å². The molecular weight excluding hydrogens is 215 g/mol. The van der Waals surface area contributed by atoms with Gasteiger partial charge in [0.2, 0.25) is 0 Å². The second kappa shape index (κ2) is 4.55.